The molecule has 6 aromatic heterocycles. The van der Waals surface area contributed by atoms with Crippen molar-refractivity contribution in [1.82, 2.24) is 37.5 Å². The highest BCUT2D eigenvalue weighted by molar-refractivity contribution is 14.1. The van der Waals surface area contributed by atoms with Gasteiger partial charge < -0.3 is 0 Å². The first-order chi connectivity index (χ1) is 24.3. The normalized spacial score (nSPS) is 12.3. The molecule has 0 unspecified atom stereocenters. The Kier molecular flexibility index (Phi) is 8.78. The van der Waals surface area contributed by atoms with Crippen molar-refractivity contribution in [3.8, 4) is 0 Å². The average molecular weight is 835 g/mol. The molecule has 0 spiro atoms. The summed E-state index contributed by atoms with van der Waals surface area (Å²) >= 11 is 2.11. The predicted molar refractivity (Wildman–Crippen MR) is 207 cm³/mol. The zero-order valence-corrected chi connectivity index (χ0v) is 32.6. The van der Waals surface area contributed by atoms with Gasteiger partial charge in [0, 0.05) is 48.8 Å². The van der Waals surface area contributed by atoms with E-state index in [2.05, 4.69) is 42.8 Å². The number of aryl methyl sites for hydroxylation is 6. The van der Waals surface area contributed by atoms with Crippen molar-refractivity contribution in [1.29, 1.82) is 0 Å². The van der Waals surface area contributed by atoms with Crippen molar-refractivity contribution in [3.05, 3.63) is 105 Å². The van der Waals surface area contributed by atoms with E-state index in [1.807, 2.05) is 41.8 Å². The molecular formula is C36H35IN8O4S2. The zero-order chi connectivity index (χ0) is 36.4. The lowest BCUT2D eigenvalue weighted by Gasteiger charge is -2.09. The van der Waals surface area contributed by atoms with Gasteiger partial charge in [-0.05, 0) is 84.7 Å². The van der Waals surface area contributed by atoms with Crippen molar-refractivity contribution in [2.24, 2.45) is 14.1 Å². The molecule has 0 amide bonds. The van der Waals surface area contributed by atoms with E-state index in [1.165, 1.54) is 7.94 Å². The van der Waals surface area contributed by atoms with Crippen LogP contribution in [0.3, 0.4) is 0 Å². The Balaban J connectivity index is 0.000000159. The van der Waals surface area contributed by atoms with Gasteiger partial charge >= 0.3 is 0 Å². The number of aromatic nitrogens is 8. The van der Waals surface area contributed by atoms with Crippen molar-refractivity contribution in [3.63, 3.8) is 0 Å². The molecule has 262 valence electrons. The molecule has 8 aromatic rings. The second-order valence-corrected chi connectivity index (χ2v) is 17.0. The second kappa shape index (κ2) is 12.9. The molecule has 0 saturated carbocycles. The lowest BCUT2D eigenvalue weighted by Crippen LogP contribution is -2.15. The van der Waals surface area contributed by atoms with Gasteiger partial charge in [-0.25, -0.2) is 34.7 Å². The summed E-state index contributed by atoms with van der Waals surface area (Å²) in [7, 11) is -3.75. The number of rotatable bonds is 6. The molecule has 0 aliphatic carbocycles. The van der Waals surface area contributed by atoms with E-state index in [1.54, 1.807) is 88.9 Å². The van der Waals surface area contributed by atoms with Gasteiger partial charge in [-0.15, -0.1) is 0 Å². The third-order valence-corrected chi connectivity index (χ3v) is 13.9. The van der Waals surface area contributed by atoms with Gasteiger partial charge in [-0.2, -0.15) is 10.2 Å². The van der Waals surface area contributed by atoms with Crippen LogP contribution in [0.4, 0.5) is 0 Å². The molecule has 0 aliphatic heterocycles. The molecule has 0 radical (unpaired) electrons. The van der Waals surface area contributed by atoms with Crippen molar-refractivity contribution in [2.75, 3.05) is 0 Å². The van der Waals surface area contributed by atoms with Crippen LogP contribution in [0.2, 0.25) is 0 Å². The fraction of sp³-hybridized carbons (Fsp3) is 0.222. The topological polar surface area (TPSA) is 140 Å². The Morgan fingerprint density at radius 2 is 1.14 bits per heavy atom. The summed E-state index contributed by atoms with van der Waals surface area (Å²) in [4.78, 5) is 9.43. The van der Waals surface area contributed by atoms with Crippen LogP contribution < -0.4 is 0 Å². The summed E-state index contributed by atoms with van der Waals surface area (Å²) in [5, 5.41) is 12.1. The number of halogens is 1. The smallest absolute Gasteiger partial charge is 0.267 e. The van der Waals surface area contributed by atoms with Gasteiger partial charge in [0.25, 0.3) is 20.0 Å². The third-order valence-electron chi connectivity index (χ3n) is 9.10. The first kappa shape index (κ1) is 34.8. The Labute approximate surface area is 309 Å². The molecule has 0 aliphatic rings. The fourth-order valence-electron chi connectivity index (χ4n) is 6.43. The number of pyridine rings is 2. The number of benzene rings is 2. The Hall–Kier alpha value is -4.61. The van der Waals surface area contributed by atoms with Crippen LogP contribution in [-0.2, 0) is 47.0 Å². The lowest BCUT2D eigenvalue weighted by atomic mass is 10.1. The predicted octanol–water partition coefficient (Wildman–Crippen LogP) is 6.67. The average Bonchev–Trinajstić information content (AvgIpc) is 3.86. The fourth-order valence-corrected chi connectivity index (χ4v) is 10.8. The van der Waals surface area contributed by atoms with Crippen LogP contribution in [0.1, 0.15) is 36.1 Å². The molecule has 51 heavy (non-hydrogen) atoms. The Morgan fingerprint density at radius 1 is 0.647 bits per heavy atom. The summed E-state index contributed by atoms with van der Waals surface area (Å²) in [6, 6.07) is 13.7. The first-order valence-corrected chi connectivity index (χ1v) is 20.2. The monoisotopic (exact) mass is 834 g/mol. The Bertz CT molecular complexity index is 2850. The van der Waals surface area contributed by atoms with E-state index in [0.29, 0.717) is 27.8 Å². The molecule has 0 saturated heterocycles. The minimum atomic E-state index is -3.75. The van der Waals surface area contributed by atoms with E-state index in [4.69, 9.17) is 0 Å². The molecule has 0 bridgehead atoms. The van der Waals surface area contributed by atoms with E-state index in [0.717, 1.165) is 54.8 Å². The zero-order valence-electron chi connectivity index (χ0n) is 28.8. The van der Waals surface area contributed by atoms with E-state index in [-0.39, 0.29) is 9.79 Å². The quantitative estimate of drug-likeness (QED) is 0.170. The molecule has 12 nitrogen and oxygen atoms in total. The van der Waals surface area contributed by atoms with Gasteiger partial charge in [0.15, 0.2) is 11.3 Å². The number of fused-ring (bicyclic) bond motifs is 6. The van der Waals surface area contributed by atoms with E-state index in [9.17, 15) is 16.8 Å². The summed E-state index contributed by atoms with van der Waals surface area (Å²) < 4.78 is 59.9. The minimum Gasteiger partial charge on any atom is -0.267 e. The highest BCUT2D eigenvalue weighted by Crippen LogP contribution is 2.35. The van der Waals surface area contributed by atoms with Gasteiger partial charge in [-0.3, -0.25) is 9.36 Å². The molecule has 8 rings (SSSR count). The summed E-state index contributed by atoms with van der Waals surface area (Å²) in [5.74, 6) is 0. The van der Waals surface area contributed by atoms with Gasteiger partial charge in [-0.1, -0.05) is 49.2 Å². The van der Waals surface area contributed by atoms with Crippen LogP contribution in [0, 0.1) is 17.5 Å². The highest BCUT2D eigenvalue weighted by Gasteiger charge is 2.28. The van der Waals surface area contributed by atoms with Crippen molar-refractivity contribution >= 4 is 86.5 Å². The van der Waals surface area contributed by atoms with Crippen molar-refractivity contribution in [2.45, 2.75) is 50.3 Å². The molecule has 2 aromatic carbocycles. The minimum absolute atomic E-state index is 0.254. The molecule has 0 fully saturated rings. The van der Waals surface area contributed by atoms with Crippen molar-refractivity contribution < 1.29 is 16.8 Å². The molecule has 15 heteroatoms. The van der Waals surface area contributed by atoms with E-state index < -0.39 is 20.0 Å². The number of hydrogen-bond donors (Lipinski definition) is 0. The van der Waals surface area contributed by atoms with E-state index >= 15 is 0 Å². The molecular weight excluding hydrogens is 799 g/mol. The molecule has 6 heterocycles. The number of nitrogens with zero attached hydrogens (tertiary/aromatic N) is 8. The largest absolute Gasteiger partial charge is 0.270 e. The highest BCUT2D eigenvalue weighted by atomic mass is 127. The maximum absolute atomic E-state index is 13.4. The maximum Gasteiger partial charge on any atom is 0.270 e. The summed E-state index contributed by atoms with van der Waals surface area (Å²) in [6.45, 7) is 7.89. The summed E-state index contributed by atoms with van der Waals surface area (Å²) in [5.41, 5.74) is 6.63. The van der Waals surface area contributed by atoms with Gasteiger partial charge in [0.2, 0.25) is 0 Å². The van der Waals surface area contributed by atoms with Gasteiger partial charge in [0.1, 0.15) is 3.70 Å². The van der Waals surface area contributed by atoms with Crippen LogP contribution in [0.25, 0.3) is 43.9 Å². The Morgan fingerprint density at radius 3 is 1.65 bits per heavy atom. The maximum atomic E-state index is 13.4. The SMILES string of the molecule is CCc1c(I)n(S(=O)(=O)c2ccc(C)cc2)c2ncc3cnn(C)c3c12.CCc1cn(S(=O)(=O)c2ccc(C)cc2)c2ncc3cnn(C)c3c12. The van der Waals surface area contributed by atoms with Gasteiger partial charge in [0.05, 0.1) is 38.6 Å². The lowest BCUT2D eigenvalue weighted by molar-refractivity contribution is 0.586. The second-order valence-electron chi connectivity index (χ2n) is 12.4. The van der Waals surface area contributed by atoms with Crippen LogP contribution in [0.5, 0.6) is 0 Å². The van der Waals surface area contributed by atoms with Crippen LogP contribution in [-0.4, -0.2) is 54.3 Å². The standard InChI is InChI=1S/C18H17IN4O2S.C18H18N4O2S/c1-4-14-15-16-12(10-21-22(16)3)9-20-18(15)23(17(14)19)26(24,25)13-7-5-11(2)6-8-13;1-4-13-11-22(25(23,24)15-7-5-12(2)6-8-15)18-16(13)17-14(9-19-18)10-20-21(17)3/h5-10H,4H2,1-3H3;5-11H,4H2,1-3H3. The summed E-state index contributed by atoms with van der Waals surface area (Å²) in [6.07, 6.45) is 9.94. The molecule has 0 N–H and O–H groups in total. The first-order valence-electron chi connectivity index (χ1n) is 16.2. The third kappa shape index (κ3) is 5.61. The molecule has 0 atom stereocenters. The van der Waals surface area contributed by atoms with Crippen LogP contribution in [0.15, 0.2) is 89.3 Å². The van der Waals surface area contributed by atoms with Crippen LogP contribution >= 0.6 is 22.6 Å². The number of hydrogen-bond acceptors (Lipinski definition) is 8.